The van der Waals surface area contributed by atoms with Crippen molar-refractivity contribution in [1.82, 2.24) is 5.32 Å². The van der Waals surface area contributed by atoms with Crippen LogP contribution in [0.5, 0.6) is 0 Å². The Labute approximate surface area is 100 Å². The quantitative estimate of drug-likeness (QED) is 0.616. The van der Waals surface area contributed by atoms with Crippen LogP contribution in [0.4, 0.5) is 26.3 Å². The van der Waals surface area contributed by atoms with Crippen molar-refractivity contribution in [3.8, 4) is 0 Å². The monoisotopic (exact) mass is 305 g/mol. The highest BCUT2D eigenvalue weighted by Crippen LogP contribution is 2.33. The van der Waals surface area contributed by atoms with Crippen molar-refractivity contribution in [3.63, 3.8) is 0 Å². The maximum absolute atomic E-state index is 12.4. The molecule has 1 atom stereocenters. The molecule has 18 heavy (non-hydrogen) atoms. The molecule has 0 aliphatic rings. The van der Waals surface area contributed by atoms with Crippen LogP contribution in [0.25, 0.3) is 0 Å². The summed E-state index contributed by atoms with van der Waals surface area (Å²) in [5.41, 5.74) is 0. The van der Waals surface area contributed by atoms with Gasteiger partial charge in [-0.15, -0.1) is 0 Å². The summed E-state index contributed by atoms with van der Waals surface area (Å²) in [5, 5.41) is -2.47. The second-order valence-electron chi connectivity index (χ2n) is 3.16. The molecule has 0 heterocycles. The van der Waals surface area contributed by atoms with E-state index in [-0.39, 0.29) is 0 Å². The van der Waals surface area contributed by atoms with Crippen molar-refractivity contribution in [2.45, 2.75) is 30.4 Å². The lowest BCUT2D eigenvalue weighted by molar-refractivity contribution is -0.142. The first kappa shape index (κ1) is 19.8. The zero-order chi connectivity index (χ0) is 15.2. The Morgan fingerprint density at radius 1 is 1.17 bits per heavy atom. The molecule has 11 heteroatoms. The number of hydrogen-bond acceptors (Lipinski definition) is 3. The predicted molar refractivity (Wildman–Crippen MR) is 51.7 cm³/mol. The summed E-state index contributed by atoms with van der Waals surface area (Å²) in [6, 6.07) is 0. The normalized spacial score (nSPS) is 14.7. The van der Waals surface area contributed by atoms with E-state index in [1.54, 1.807) is 0 Å². The Kier molecular flexibility index (Phi) is 7.85. The van der Waals surface area contributed by atoms with E-state index in [9.17, 15) is 34.8 Å². The van der Waals surface area contributed by atoms with Gasteiger partial charge in [-0.1, -0.05) is 0 Å². The molecule has 0 bridgehead atoms. The molecule has 4 nitrogen and oxygen atoms in total. The average molecular weight is 305 g/mol. The van der Waals surface area contributed by atoms with E-state index in [2.05, 4.69) is 5.32 Å². The van der Waals surface area contributed by atoms with E-state index < -0.39 is 40.6 Å². The van der Waals surface area contributed by atoms with Gasteiger partial charge in [-0.25, -0.2) is 4.39 Å². The van der Waals surface area contributed by atoms with E-state index in [4.69, 9.17) is 4.55 Å². The first-order valence-corrected chi connectivity index (χ1v) is 5.87. The lowest BCUT2D eigenvalue weighted by Crippen LogP contribution is -2.39. The molecule has 2 N–H and O–H groups in total. The fourth-order valence-corrected chi connectivity index (χ4v) is 1.06. The molecule has 0 aromatic carbocycles. The van der Waals surface area contributed by atoms with Crippen molar-refractivity contribution >= 4 is 10.1 Å². The van der Waals surface area contributed by atoms with Crippen LogP contribution in [-0.2, 0) is 10.1 Å². The van der Waals surface area contributed by atoms with E-state index in [1.165, 1.54) is 0 Å². The van der Waals surface area contributed by atoms with Gasteiger partial charge in [0.25, 0.3) is 0 Å². The minimum Gasteiger partial charge on any atom is -0.323 e. The second-order valence-corrected chi connectivity index (χ2v) is 4.65. The summed E-state index contributed by atoms with van der Waals surface area (Å²) >= 11 is 0. The van der Waals surface area contributed by atoms with Gasteiger partial charge < -0.3 is 5.32 Å². The summed E-state index contributed by atoms with van der Waals surface area (Å²) in [7, 11) is -2.29. The molecule has 0 aliphatic heterocycles. The molecule has 112 valence electrons. The molecule has 0 saturated carbocycles. The number of nitrogens with one attached hydrogen (secondary N) is 1. The second kappa shape index (κ2) is 7.14. The van der Waals surface area contributed by atoms with Gasteiger partial charge in [0.15, 0.2) is 6.17 Å². The summed E-state index contributed by atoms with van der Waals surface area (Å²) in [6.07, 6.45) is -12.1. The van der Waals surface area contributed by atoms with E-state index in [0.29, 0.717) is 0 Å². The Morgan fingerprint density at radius 2 is 1.50 bits per heavy atom. The van der Waals surface area contributed by atoms with Crippen LogP contribution in [0.15, 0.2) is 0 Å². The van der Waals surface area contributed by atoms with Crippen LogP contribution >= 0.6 is 0 Å². The molecule has 0 saturated heterocycles. The van der Waals surface area contributed by atoms with Crippen LogP contribution in [0.2, 0.25) is 0 Å². The molecule has 0 rings (SSSR count). The third-order valence-corrected chi connectivity index (χ3v) is 2.33. The number of rotatable bonds is 4. The van der Waals surface area contributed by atoms with Gasteiger partial charge in [0, 0.05) is 6.42 Å². The third-order valence-electron chi connectivity index (χ3n) is 1.39. The summed E-state index contributed by atoms with van der Waals surface area (Å²) in [4.78, 5) is 0. The molecule has 1 unspecified atom stereocenters. The predicted octanol–water partition coefficient (Wildman–Crippen LogP) is 1.98. The van der Waals surface area contributed by atoms with Crippen LogP contribution in [-0.4, -0.2) is 44.7 Å². The SMILES string of the molecule is CNC.O=S(=O)(O)C(F)(F)C(F)CCC(F)(F)F. The Hall–Kier alpha value is -0.550. The minimum atomic E-state index is -6.04. The summed E-state index contributed by atoms with van der Waals surface area (Å²) in [6.45, 7) is 0. The summed E-state index contributed by atoms with van der Waals surface area (Å²) < 4.78 is 99.1. The van der Waals surface area contributed by atoms with Gasteiger partial charge in [0.05, 0.1) is 0 Å². The zero-order valence-corrected chi connectivity index (χ0v) is 10.2. The van der Waals surface area contributed by atoms with Gasteiger partial charge in [-0.3, -0.25) is 4.55 Å². The largest absolute Gasteiger partial charge is 0.400 e. The maximum atomic E-state index is 12.4. The number of alkyl halides is 6. The molecule has 0 aromatic rings. The van der Waals surface area contributed by atoms with Gasteiger partial charge in [0.1, 0.15) is 0 Å². The lowest BCUT2D eigenvalue weighted by atomic mass is 10.2. The highest BCUT2D eigenvalue weighted by molar-refractivity contribution is 7.86. The smallest absolute Gasteiger partial charge is 0.323 e. The number of halogens is 6. The Morgan fingerprint density at radius 3 is 1.72 bits per heavy atom. The summed E-state index contributed by atoms with van der Waals surface area (Å²) in [5.74, 6) is 0. The molecular formula is C7H13F6NO3S. The molecular weight excluding hydrogens is 292 g/mol. The van der Waals surface area contributed by atoms with Gasteiger partial charge >= 0.3 is 21.5 Å². The first-order chi connectivity index (χ1) is 7.79. The fourth-order valence-electron chi connectivity index (χ4n) is 0.620. The van der Waals surface area contributed by atoms with Gasteiger partial charge in [-0.2, -0.15) is 30.4 Å². The van der Waals surface area contributed by atoms with Crippen molar-refractivity contribution in [2.24, 2.45) is 0 Å². The van der Waals surface area contributed by atoms with Crippen molar-refractivity contribution in [2.75, 3.05) is 14.1 Å². The van der Waals surface area contributed by atoms with E-state index in [1.807, 2.05) is 14.1 Å². The highest BCUT2D eigenvalue weighted by atomic mass is 32.2. The van der Waals surface area contributed by atoms with Crippen LogP contribution < -0.4 is 5.32 Å². The zero-order valence-electron chi connectivity index (χ0n) is 9.43. The van der Waals surface area contributed by atoms with Gasteiger partial charge in [-0.05, 0) is 20.5 Å². The Bertz CT molecular complexity index is 329. The van der Waals surface area contributed by atoms with Crippen molar-refractivity contribution < 1.29 is 39.3 Å². The average Bonchev–Trinajstić information content (AvgIpc) is 2.12. The minimum absolute atomic E-state index is 1.74. The van der Waals surface area contributed by atoms with Crippen molar-refractivity contribution in [3.05, 3.63) is 0 Å². The van der Waals surface area contributed by atoms with Gasteiger partial charge in [0.2, 0.25) is 0 Å². The molecule has 0 amide bonds. The van der Waals surface area contributed by atoms with E-state index in [0.717, 1.165) is 0 Å². The molecule has 0 fully saturated rings. The van der Waals surface area contributed by atoms with Crippen LogP contribution in [0.3, 0.4) is 0 Å². The fraction of sp³-hybridized carbons (Fsp3) is 1.00. The molecule has 0 aliphatic carbocycles. The Balaban J connectivity index is 0. The maximum Gasteiger partial charge on any atom is 0.400 e. The standard InChI is InChI=1S/C5H6F6O3S.C2H7N/c6-3(1-2-4(7,8)9)5(10,11)15(12,13)14;1-3-2/h3H,1-2H2,(H,12,13,14);3H,1-2H3. The van der Waals surface area contributed by atoms with Crippen LogP contribution in [0, 0.1) is 0 Å². The van der Waals surface area contributed by atoms with Crippen LogP contribution in [0.1, 0.15) is 12.8 Å². The third kappa shape index (κ3) is 7.71. The topological polar surface area (TPSA) is 66.4 Å². The molecule has 0 aromatic heterocycles. The number of hydrogen-bond donors (Lipinski definition) is 2. The first-order valence-electron chi connectivity index (χ1n) is 4.43. The molecule has 0 spiro atoms. The van der Waals surface area contributed by atoms with Crippen molar-refractivity contribution in [1.29, 1.82) is 0 Å². The lowest BCUT2D eigenvalue weighted by Gasteiger charge is -2.17. The highest BCUT2D eigenvalue weighted by Gasteiger charge is 2.53. The van der Waals surface area contributed by atoms with E-state index >= 15 is 0 Å². The molecule has 0 radical (unpaired) electrons.